The number of nitrogens with zero attached hydrogens (tertiary/aromatic N) is 2. The fourth-order valence-electron chi connectivity index (χ4n) is 2.56. The van der Waals surface area contributed by atoms with Crippen LogP contribution in [-0.4, -0.2) is 17.0 Å². The highest BCUT2D eigenvalue weighted by atomic mass is 35.5. The molecule has 0 spiro atoms. The monoisotopic (exact) mass is 297 g/mol. The third-order valence-corrected chi connectivity index (χ3v) is 3.82. The number of nitrogens with one attached hydrogen (secondary N) is 1. The molecule has 1 aromatic heterocycles. The first-order valence-corrected chi connectivity index (χ1v) is 7.27. The molecular formula is C17H16ClN3. The molecule has 3 nitrogen and oxygen atoms in total. The highest BCUT2D eigenvalue weighted by Gasteiger charge is 2.14. The number of hydrogen-bond acceptors (Lipinski definition) is 3. The zero-order chi connectivity index (χ0) is 14.7. The summed E-state index contributed by atoms with van der Waals surface area (Å²) in [4.78, 5) is 8.85. The molecule has 0 aliphatic carbocycles. The molecule has 0 amide bonds. The minimum atomic E-state index is 0.170. The summed E-state index contributed by atoms with van der Waals surface area (Å²) < 4.78 is 0. The normalized spacial score (nSPS) is 12.5. The first-order chi connectivity index (χ1) is 10.3. The summed E-state index contributed by atoms with van der Waals surface area (Å²) in [5.74, 6) is 0. The molecule has 0 bridgehead atoms. The Morgan fingerprint density at radius 1 is 1.10 bits per heavy atom. The van der Waals surface area contributed by atoms with Crippen molar-refractivity contribution in [3.05, 3.63) is 71.0 Å². The van der Waals surface area contributed by atoms with Gasteiger partial charge in [-0.1, -0.05) is 35.9 Å². The summed E-state index contributed by atoms with van der Waals surface area (Å²) >= 11 is 6.07. The summed E-state index contributed by atoms with van der Waals surface area (Å²) in [5.41, 5.74) is 4.22. The van der Waals surface area contributed by atoms with Crippen LogP contribution < -0.4 is 5.32 Å². The highest BCUT2D eigenvalue weighted by molar-refractivity contribution is 6.30. The lowest BCUT2D eigenvalue weighted by Gasteiger charge is -2.18. The van der Waals surface area contributed by atoms with Gasteiger partial charge >= 0.3 is 0 Å². The van der Waals surface area contributed by atoms with Crippen LogP contribution in [0.1, 0.15) is 17.2 Å². The van der Waals surface area contributed by atoms with Gasteiger partial charge in [-0.25, -0.2) is 0 Å². The average Bonchev–Trinajstić information content (AvgIpc) is 2.52. The number of halogens is 1. The molecular weight excluding hydrogens is 282 g/mol. The van der Waals surface area contributed by atoms with Crippen LogP contribution in [0, 0.1) is 0 Å². The average molecular weight is 298 g/mol. The topological polar surface area (TPSA) is 37.8 Å². The van der Waals surface area contributed by atoms with Crippen molar-refractivity contribution < 1.29 is 0 Å². The van der Waals surface area contributed by atoms with E-state index in [0.29, 0.717) is 0 Å². The second-order valence-electron chi connectivity index (χ2n) is 4.95. The number of likely N-dealkylation sites (N-methyl/N-ethyl adjacent to an activating group) is 1. The molecule has 0 aliphatic heterocycles. The standard InChI is InChI=1S/C17H16ClN3/c1-19-16(11-12-4-2-5-13(18)10-12)14-6-3-7-15-17(14)21-9-8-20-15/h2-10,16,19H,11H2,1H3. The first-order valence-electron chi connectivity index (χ1n) is 6.89. The van der Waals surface area contributed by atoms with Crippen molar-refractivity contribution in [3.8, 4) is 0 Å². The van der Waals surface area contributed by atoms with Crippen LogP contribution in [0.3, 0.4) is 0 Å². The van der Waals surface area contributed by atoms with E-state index in [2.05, 4.69) is 27.4 Å². The van der Waals surface area contributed by atoms with Crippen LogP contribution in [0.25, 0.3) is 11.0 Å². The van der Waals surface area contributed by atoms with E-state index in [4.69, 9.17) is 11.6 Å². The van der Waals surface area contributed by atoms with E-state index in [1.54, 1.807) is 12.4 Å². The van der Waals surface area contributed by atoms with E-state index in [1.165, 1.54) is 5.56 Å². The van der Waals surface area contributed by atoms with E-state index in [9.17, 15) is 0 Å². The van der Waals surface area contributed by atoms with Crippen molar-refractivity contribution in [2.75, 3.05) is 7.05 Å². The van der Waals surface area contributed by atoms with Crippen LogP contribution in [0.5, 0.6) is 0 Å². The van der Waals surface area contributed by atoms with E-state index in [1.807, 2.05) is 37.4 Å². The van der Waals surface area contributed by atoms with Crippen molar-refractivity contribution in [2.45, 2.75) is 12.5 Å². The van der Waals surface area contributed by atoms with Crippen LogP contribution in [0.15, 0.2) is 54.9 Å². The Hall–Kier alpha value is -1.97. The molecule has 1 atom stereocenters. The van der Waals surface area contributed by atoms with Gasteiger partial charge in [0.1, 0.15) is 0 Å². The second-order valence-corrected chi connectivity index (χ2v) is 5.38. The molecule has 0 fully saturated rings. The van der Waals surface area contributed by atoms with Gasteiger partial charge in [-0.05, 0) is 42.8 Å². The van der Waals surface area contributed by atoms with Crippen molar-refractivity contribution >= 4 is 22.6 Å². The second kappa shape index (κ2) is 6.20. The van der Waals surface area contributed by atoms with Gasteiger partial charge in [0.15, 0.2) is 0 Å². The number of hydrogen-bond donors (Lipinski definition) is 1. The minimum absolute atomic E-state index is 0.170. The van der Waals surface area contributed by atoms with Gasteiger partial charge in [-0.15, -0.1) is 0 Å². The zero-order valence-electron chi connectivity index (χ0n) is 11.8. The zero-order valence-corrected chi connectivity index (χ0v) is 12.5. The van der Waals surface area contributed by atoms with Gasteiger partial charge in [0.25, 0.3) is 0 Å². The largest absolute Gasteiger partial charge is 0.313 e. The lowest BCUT2D eigenvalue weighted by Crippen LogP contribution is -2.19. The Morgan fingerprint density at radius 3 is 2.71 bits per heavy atom. The third-order valence-electron chi connectivity index (χ3n) is 3.58. The molecule has 1 unspecified atom stereocenters. The van der Waals surface area contributed by atoms with Gasteiger partial charge in [-0.2, -0.15) is 0 Å². The predicted molar refractivity (Wildman–Crippen MR) is 86.5 cm³/mol. The fraction of sp³-hybridized carbons (Fsp3) is 0.176. The highest BCUT2D eigenvalue weighted by Crippen LogP contribution is 2.25. The molecule has 0 saturated heterocycles. The molecule has 106 valence electrons. The maximum Gasteiger partial charge on any atom is 0.0934 e. The van der Waals surface area contributed by atoms with Gasteiger partial charge in [0.2, 0.25) is 0 Å². The molecule has 0 saturated carbocycles. The van der Waals surface area contributed by atoms with Crippen molar-refractivity contribution in [1.29, 1.82) is 0 Å². The molecule has 0 aliphatic rings. The SMILES string of the molecule is CNC(Cc1cccc(Cl)c1)c1cccc2nccnc12. The molecule has 3 rings (SSSR count). The Morgan fingerprint density at radius 2 is 1.90 bits per heavy atom. The predicted octanol–water partition coefficient (Wildman–Crippen LogP) is 3.79. The maximum absolute atomic E-state index is 6.07. The number of para-hydroxylation sites is 1. The number of fused-ring (bicyclic) bond motifs is 1. The summed E-state index contributed by atoms with van der Waals surface area (Å²) in [6.45, 7) is 0. The van der Waals surface area contributed by atoms with Gasteiger partial charge < -0.3 is 5.32 Å². The number of rotatable bonds is 4. The Kier molecular flexibility index (Phi) is 4.13. The summed E-state index contributed by atoms with van der Waals surface area (Å²) in [6, 6.07) is 14.2. The molecule has 3 aromatic rings. The Balaban J connectivity index is 1.98. The third kappa shape index (κ3) is 3.04. The summed E-state index contributed by atoms with van der Waals surface area (Å²) in [5, 5.41) is 4.13. The lowest BCUT2D eigenvalue weighted by molar-refractivity contribution is 0.595. The summed E-state index contributed by atoms with van der Waals surface area (Å²) in [7, 11) is 1.96. The number of benzene rings is 2. The molecule has 0 radical (unpaired) electrons. The van der Waals surface area contributed by atoms with Crippen molar-refractivity contribution in [2.24, 2.45) is 0 Å². The van der Waals surface area contributed by atoms with Crippen molar-refractivity contribution in [1.82, 2.24) is 15.3 Å². The quantitative estimate of drug-likeness (QED) is 0.796. The number of aromatic nitrogens is 2. The van der Waals surface area contributed by atoms with E-state index in [-0.39, 0.29) is 6.04 Å². The summed E-state index contributed by atoms with van der Waals surface area (Å²) in [6.07, 6.45) is 4.31. The van der Waals surface area contributed by atoms with E-state index in [0.717, 1.165) is 28.0 Å². The van der Waals surface area contributed by atoms with Crippen molar-refractivity contribution in [3.63, 3.8) is 0 Å². The van der Waals surface area contributed by atoms with Crippen LogP contribution in [-0.2, 0) is 6.42 Å². The lowest BCUT2D eigenvalue weighted by atomic mass is 9.97. The van der Waals surface area contributed by atoms with Gasteiger partial charge in [0, 0.05) is 23.5 Å². The molecule has 21 heavy (non-hydrogen) atoms. The fourth-order valence-corrected chi connectivity index (χ4v) is 2.78. The first kappa shape index (κ1) is 14.0. The maximum atomic E-state index is 6.07. The van der Waals surface area contributed by atoms with Gasteiger partial charge in [0.05, 0.1) is 11.0 Å². The molecule has 1 heterocycles. The van der Waals surface area contributed by atoms with Gasteiger partial charge in [-0.3, -0.25) is 9.97 Å². The molecule has 1 N–H and O–H groups in total. The van der Waals surface area contributed by atoms with E-state index < -0.39 is 0 Å². The minimum Gasteiger partial charge on any atom is -0.313 e. The molecule has 4 heteroatoms. The molecule has 2 aromatic carbocycles. The van der Waals surface area contributed by atoms with E-state index >= 15 is 0 Å². The van der Waals surface area contributed by atoms with Crippen LogP contribution >= 0.6 is 11.6 Å². The Bertz CT molecular complexity index is 752. The Labute approximate surface area is 129 Å². The van der Waals surface area contributed by atoms with Crippen LogP contribution in [0.4, 0.5) is 0 Å². The van der Waals surface area contributed by atoms with Crippen LogP contribution in [0.2, 0.25) is 5.02 Å². The smallest absolute Gasteiger partial charge is 0.0934 e.